The molecule has 1 N–H and O–H groups in total. The van der Waals surface area contributed by atoms with Crippen LogP contribution in [0.2, 0.25) is 0 Å². The topological polar surface area (TPSA) is 64.6 Å². The van der Waals surface area contributed by atoms with E-state index in [4.69, 9.17) is 9.47 Å². The molecule has 0 spiro atoms. The molecule has 4 saturated carbocycles. The molecule has 4 bridgehead atoms. The zero-order valence-electron chi connectivity index (χ0n) is 16.1. The fraction of sp³-hybridized carbons (Fsp3) is 0.545. The van der Waals surface area contributed by atoms with E-state index in [9.17, 15) is 14.0 Å². The summed E-state index contributed by atoms with van der Waals surface area (Å²) >= 11 is 0. The number of amides is 1. The number of methoxy groups -OCH3 is 1. The van der Waals surface area contributed by atoms with Crippen molar-refractivity contribution in [3.05, 3.63) is 35.7 Å². The summed E-state index contributed by atoms with van der Waals surface area (Å²) in [5, 5.41) is 3.17. The van der Waals surface area contributed by atoms with Crippen molar-refractivity contribution >= 4 is 18.0 Å². The van der Waals surface area contributed by atoms with Crippen molar-refractivity contribution in [2.75, 3.05) is 13.7 Å². The predicted octanol–water partition coefficient (Wildman–Crippen LogP) is 3.48. The Morgan fingerprint density at radius 1 is 1.18 bits per heavy atom. The maximum atomic E-state index is 13.7. The molecule has 5 rings (SSSR count). The Hall–Kier alpha value is -2.37. The average Bonchev–Trinajstić information content (AvgIpc) is 2.63. The van der Waals surface area contributed by atoms with Gasteiger partial charge in [-0.1, -0.05) is 6.07 Å². The number of hydrogen-bond acceptors (Lipinski definition) is 4. The summed E-state index contributed by atoms with van der Waals surface area (Å²) in [6, 6.07) is 4.38. The number of esters is 1. The van der Waals surface area contributed by atoms with Gasteiger partial charge in [0.1, 0.15) is 0 Å². The van der Waals surface area contributed by atoms with Crippen LogP contribution in [-0.2, 0) is 14.3 Å². The van der Waals surface area contributed by atoms with Gasteiger partial charge in [0.15, 0.2) is 18.2 Å². The highest BCUT2D eigenvalue weighted by Crippen LogP contribution is 2.55. The van der Waals surface area contributed by atoms with E-state index < -0.39 is 11.8 Å². The van der Waals surface area contributed by atoms with Crippen LogP contribution in [0.5, 0.6) is 5.75 Å². The van der Waals surface area contributed by atoms with Crippen LogP contribution in [0.3, 0.4) is 0 Å². The monoisotopic (exact) mass is 387 g/mol. The molecule has 1 amide bonds. The van der Waals surface area contributed by atoms with Gasteiger partial charge in [-0.05, 0) is 80.1 Å². The normalized spacial score (nSPS) is 30.4. The van der Waals surface area contributed by atoms with Gasteiger partial charge < -0.3 is 14.8 Å². The molecule has 28 heavy (non-hydrogen) atoms. The van der Waals surface area contributed by atoms with Gasteiger partial charge in [0.05, 0.1) is 7.11 Å². The lowest BCUT2D eigenvalue weighted by atomic mass is 9.53. The zero-order valence-corrected chi connectivity index (χ0v) is 16.1. The largest absolute Gasteiger partial charge is 0.494 e. The second-order valence-electron chi connectivity index (χ2n) is 8.58. The molecule has 0 radical (unpaired) electrons. The van der Waals surface area contributed by atoms with Gasteiger partial charge in [0.25, 0.3) is 5.91 Å². The number of nitrogens with one attached hydrogen (secondary N) is 1. The molecule has 0 aromatic heterocycles. The lowest BCUT2D eigenvalue weighted by molar-refractivity contribution is -0.145. The maximum Gasteiger partial charge on any atom is 0.331 e. The van der Waals surface area contributed by atoms with Crippen molar-refractivity contribution in [1.29, 1.82) is 0 Å². The highest BCUT2D eigenvalue weighted by atomic mass is 19.1. The minimum atomic E-state index is -0.628. The summed E-state index contributed by atoms with van der Waals surface area (Å²) < 4.78 is 23.6. The first-order valence-corrected chi connectivity index (χ1v) is 9.94. The van der Waals surface area contributed by atoms with Crippen LogP contribution < -0.4 is 10.1 Å². The Kier molecular flexibility index (Phi) is 5.13. The fourth-order valence-electron chi connectivity index (χ4n) is 5.73. The summed E-state index contributed by atoms with van der Waals surface area (Å²) in [6.45, 7) is -0.290. The van der Waals surface area contributed by atoms with Crippen LogP contribution in [0, 0.1) is 23.6 Å². The molecule has 6 heteroatoms. The number of benzene rings is 1. The lowest BCUT2D eigenvalue weighted by Gasteiger charge is -2.56. The van der Waals surface area contributed by atoms with Crippen molar-refractivity contribution in [3.63, 3.8) is 0 Å². The SMILES string of the molecule is COc1ccc(/C=C/C(=O)OCC(=O)NC23CC4CC(CC(C4)C2)C3)cc1F. The fourth-order valence-corrected chi connectivity index (χ4v) is 5.73. The minimum absolute atomic E-state index is 0.0886. The Morgan fingerprint density at radius 2 is 1.82 bits per heavy atom. The van der Waals surface area contributed by atoms with Crippen LogP contribution >= 0.6 is 0 Å². The van der Waals surface area contributed by atoms with E-state index in [-0.39, 0.29) is 23.8 Å². The van der Waals surface area contributed by atoms with E-state index in [1.54, 1.807) is 6.07 Å². The summed E-state index contributed by atoms with van der Waals surface area (Å²) in [4.78, 5) is 24.2. The molecular weight excluding hydrogens is 361 g/mol. The van der Waals surface area contributed by atoms with Gasteiger partial charge in [0.2, 0.25) is 0 Å². The molecule has 0 heterocycles. The quantitative estimate of drug-likeness (QED) is 0.600. The van der Waals surface area contributed by atoms with Gasteiger partial charge in [-0.25, -0.2) is 9.18 Å². The highest BCUT2D eigenvalue weighted by Gasteiger charge is 2.51. The Morgan fingerprint density at radius 3 is 2.39 bits per heavy atom. The number of carbonyl (C=O) groups is 2. The first-order chi connectivity index (χ1) is 13.4. The molecule has 1 aromatic carbocycles. The van der Waals surface area contributed by atoms with Gasteiger partial charge >= 0.3 is 5.97 Å². The molecular formula is C22H26FNO4. The van der Waals surface area contributed by atoms with Crippen molar-refractivity contribution in [2.45, 2.75) is 44.1 Å². The first-order valence-electron chi connectivity index (χ1n) is 9.94. The predicted molar refractivity (Wildman–Crippen MR) is 102 cm³/mol. The van der Waals surface area contributed by atoms with Crippen LogP contribution in [0.15, 0.2) is 24.3 Å². The number of hydrogen-bond donors (Lipinski definition) is 1. The average molecular weight is 387 g/mol. The molecule has 1 aromatic rings. The van der Waals surface area contributed by atoms with Crippen LogP contribution in [0.1, 0.15) is 44.1 Å². The van der Waals surface area contributed by atoms with Crippen LogP contribution in [-0.4, -0.2) is 31.1 Å². The number of carbonyl (C=O) groups excluding carboxylic acids is 2. The maximum absolute atomic E-state index is 13.7. The second kappa shape index (κ2) is 7.57. The molecule has 0 atom stereocenters. The molecule has 0 aliphatic heterocycles. The van der Waals surface area contributed by atoms with E-state index in [0.29, 0.717) is 5.56 Å². The Labute approximate surface area is 164 Å². The van der Waals surface area contributed by atoms with Gasteiger partial charge in [0, 0.05) is 11.6 Å². The van der Waals surface area contributed by atoms with E-state index >= 15 is 0 Å². The highest BCUT2D eigenvalue weighted by molar-refractivity contribution is 5.89. The molecule has 5 nitrogen and oxygen atoms in total. The minimum Gasteiger partial charge on any atom is -0.494 e. The van der Waals surface area contributed by atoms with Crippen molar-refractivity contribution in [3.8, 4) is 5.75 Å². The molecule has 0 unspecified atom stereocenters. The van der Waals surface area contributed by atoms with Crippen molar-refractivity contribution in [2.24, 2.45) is 17.8 Å². The van der Waals surface area contributed by atoms with Gasteiger partial charge in [-0.2, -0.15) is 0 Å². The number of ether oxygens (including phenoxy) is 2. The van der Waals surface area contributed by atoms with Crippen molar-refractivity contribution in [1.82, 2.24) is 5.32 Å². The summed E-state index contributed by atoms with van der Waals surface area (Å²) in [6.07, 6.45) is 9.73. The molecule has 0 saturated heterocycles. The Balaban J connectivity index is 1.27. The zero-order chi connectivity index (χ0) is 19.7. The second-order valence-corrected chi connectivity index (χ2v) is 8.58. The third-order valence-corrected chi connectivity index (χ3v) is 6.38. The standard InChI is InChI=1S/C22H26FNO4/c1-27-19-4-2-14(9-18(19)23)3-5-21(26)28-13-20(25)24-22-10-15-6-16(11-22)8-17(7-15)12-22/h2-5,9,15-17H,6-8,10-13H2,1H3,(H,24,25)/b5-3+. The summed E-state index contributed by atoms with van der Waals surface area (Å²) in [5.41, 5.74) is 0.419. The molecule has 4 fully saturated rings. The van der Waals surface area contributed by atoms with Crippen LogP contribution in [0.25, 0.3) is 6.08 Å². The summed E-state index contributed by atoms with van der Waals surface area (Å²) in [7, 11) is 1.39. The van der Waals surface area contributed by atoms with E-state index in [1.807, 2.05) is 0 Å². The molecule has 150 valence electrons. The first kappa shape index (κ1) is 19.0. The summed E-state index contributed by atoms with van der Waals surface area (Å²) in [5.74, 6) is 0.982. The van der Waals surface area contributed by atoms with Gasteiger partial charge in [-0.15, -0.1) is 0 Å². The van der Waals surface area contributed by atoms with Crippen LogP contribution in [0.4, 0.5) is 4.39 Å². The lowest BCUT2D eigenvalue weighted by Crippen LogP contribution is -2.60. The number of halogens is 1. The number of rotatable bonds is 6. The van der Waals surface area contributed by atoms with Gasteiger partial charge in [-0.3, -0.25) is 4.79 Å². The van der Waals surface area contributed by atoms with Crippen molar-refractivity contribution < 1.29 is 23.5 Å². The van der Waals surface area contributed by atoms with E-state index in [0.717, 1.165) is 37.0 Å². The van der Waals surface area contributed by atoms with E-state index in [1.165, 1.54) is 50.7 Å². The smallest absolute Gasteiger partial charge is 0.331 e. The van der Waals surface area contributed by atoms with E-state index in [2.05, 4.69) is 5.32 Å². The molecule has 4 aliphatic rings. The third kappa shape index (κ3) is 4.05. The third-order valence-electron chi connectivity index (χ3n) is 6.38. The molecule has 4 aliphatic carbocycles. The Bertz CT molecular complexity index is 768.